The molecular formula is C17H19ClF3N3O. The van der Waals surface area contributed by atoms with E-state index in [4.69, 9.17) is 22.2 Å². The molecule has 25 heavy (non-hydrogen) atoms. The average molecular weight is 374 g/mol. The molecule has 1 unspecified atom stereocenters. The molecule has 1 aromatic rings. The first kappa shape index (κ1) is 19.3. The fourth-order valence-corrected chi connectivity index (χ4v) is 2.75. The third-order valence-corrected chi connectivity index (χ3v) is 4.22. The molecule has 0 radical (unpaired) electrons. The maximum Gasteiger partial charge on any atom is 0.423 e. The van der Waals surface area contributed by atoms with Gasteiger partial charge in [0, 0.05) is 17.1 Å². The Hall–Kier alpha value is -1.99. The Kier molecular flexibility index (Phi) is 6.13. The molecule has 0 spiro atoms. The van der Waals surface area contributed by atoms with E-state index in [1.807, 2.05) is 17.6 Å². The molecule has 3 N–H and O–H groups in total. The molecule has 1 fully saturated rings. The van der Waals surface area contributed by atoms with Gasteiger partial charge in [-0.2, -0.15) is 13.2 Å². The van der Waals surface area contributed by atoms with Crippen LogP contribution in [0.1, 0.15) is 24.8 Å². The first-order chi connectivity index (χ1) is 11.8. The van der Waals surface area contributed by atoms with E-state index in [0.29, 0.717) is 5.02 Å². The zero-order valence-electron chi connectivity index (χ0n) is 13.6. The number of nitrogens with two attached hydrogens (primary N) is 1. The van der Waals surface area contributed by atoms with Gasteiger partial charge in [-0.05, 0) is 37.0 Å². The van der Waals surface area contributed by atoms with Crippen molar-refractivity contribution in [3.05, 3.63) is 59.0 Å². The first-order valence-corrected chi connectivity index (χ1v) is 7.97. The molecule has 0 amide bonds. The number of amidine groups is 1. The number of rotatable bonds is 6. The van der Waals surface area contributed by atoms with E-state index in [9.17, 15) is 13.2 Å². The zero-order valence-corrected chi connectivity index (χ0v) is 14.4. The lowest BCUT2D eigenvalue weighted by Gasteiger charge is -2.17. The predicted molar refractivity (Wildman–Crippen MR) is 92.0 cm³/mol. The topological polar surface area (TPSA) is 59.6 Å². The van der Waals surface area contributed by atoms with Crippen LogP contribution in [0.4, 0.5) is 13.2 Å². The summed E-state index contributed by atoms with van der Waals surface area (Å²) in [4.78, 5) is 3.52. The van der Waals surface area contributed by atoms with Crippen LogP contribution in [0.3, 0.4) is 0 Å². The number of nitrogens with one attached hydrogen (secondary N) is 1. The van der Waals surface area contributed by atoms with Crippen LogP contribution >= 0.6 is 11.6 Å². The molecule has 0 saturated heterocycles. The summed E-state index contributed by atoms with van der Waals surface area (Å²) in [6, 6.07) is 7.43. The molecule has 8 heteroatoms. The van der Waals surface area contributed by atoms with Crippen molar-refractivity contribution >= 4 is 17.4 Å². The summed E-state index contributed by atoms with van der Waals surface area (Å²) in [5, 5.41) is 0.647. The van der Waals surface area contributed by atoms with Crippen LogP contribution in [0.25, 0.3) is 0 Å². The molecule has 0 aliphatic heterocycles. The van der Waals surface area contributed by atoms with E-state index in [1.165, 1.54) is 6.92 Å². The molecule has 1 aliphatic rings. The van der Waals surface area contributed by atoms with Gasteiger partial charge in [0.25, 0.3) is 0 Å². The molecule has 0 aromatic heterocycles. The minimum Gasteiger partial charge on any atom is -0.497 e. The van der Waals surface area contributed by atoms with E-state index in [2.05, 4.69) is 11.6 Å². The Morgan fingerprint density at radius 3 is 2.60 bits per heavy atom. The Morgan fingerprint density at radius 2 is 2.08 bits per heavy atom. The van der Waals surface area contributed by atoms with Gasteiger partial charge in [0.05, 0.1) is 6.61 Å². The molecule has 2 rings (SSSR count). The highest BCUT2D eigenvalue weighted by Gasteiger charge is 2.42. The van der Waals surface area contributed by atoms with Crippen molar-refractivity contribution < 1.29 is 17.9 Å². The number of allylic oxidation sites excluding steroid dienone is 1. The third kappa shape index (κ3) is 4.99. The highest BCUT2D eigenvalue weighted by molar-refractivity contribution is 6.30. The molecular weight excluding hydrogens is 355 g/mol. The summed E-state index contributed by atoms with van der Waals surface area (Å²) < 4.78 is 45.3. The van der Waals surface area contributed by atoms with Gasteiger partial charge in [0.2, 0.25) is 0 Å². The van der Waals surface area contributed by atoms with E-state index < -0.39 is 17.6 Å². The van der Waals surface area contributed by atoms with E-state index in [1.54, 1.807) is 12.1 Å². The van der Waals surface area contributed by atoms with Crippen LogP contribution in [0.15, 0.2) is 53.4 Å². The fourth-order valence-electron chi connectivity index (χ4n) is 2.62. The van der Waals surface area contributed by atoms with Crippen molar-refractivity contribution in [1.82, 2.24) is 5.43 Å². The highest BCUT2D eigenvalue weighted by atomic mass is 35.5. The Bertz CT molecular complexity index is 683. The summed E-state index contributed by atoms with van der Waals surface area (Å²) in [5.41, 5.74) is 2.00. The van der Waals surface area contributed by atoms with Gasteiger partial charge in [0.15, 0.2) is 5.84 Å². The molecule has 1 aromatic carbocycles. The summed E-state index contributed by atoms with van der Waals surface area (Å²) in [6.07, 6.45) is -2.82. The van der Waals surface area contributed by atoms with Crippen molar-refractivity contribution in [2.75, 3.05) is 6.61 Å². The van der Waals surface area contributed by atoms with Gasteiger partial charge in [0.1, 0.15) is 11.3 Å². The van der Waals surface area contributed by atoms with Crippen LogP contribution in [0, 0.1) is 5.92 Å². The van der Waals surface area contributed by atoms with Crippen molar-refractivity contribution in [3.63, 3.8) is 0 Å². The van der Waals surface area contributed by atoms with Gasteiger partial charge >= 0.3 is 6.18 Å². The van der Waals surface area contributed by atoms with Crippen molar-refractivity contribution in [3.8, 4) is 0 Å². The van der Waals surface area contributed by atoms with Crippen LogP contribution < -0.4 is 11.3 Å². The minimum absolute atomic E-state index is 0.163. The van der Waals surface area contributed by atoms with Gasteiger partial charge in [-0.1, -0.05) is 30.3 Å². The van der Waals surface area contributed by atoms with Gasteiger partial charge in [-0.25, -0.2) is 10.8 Å². The molecule has 4 nitrogen and oxygen atoms in total. The highest BCUT2D eigenvalue weighted by Crippen LogP contribution is 2.48. The number of hydrazine groups is 1. The normalized spacial score (nSPS) is 21.4. The predicted octanol–water partition coefficient (Wildman–Crippen LogP) is 4.30. The number of aliphatic imine (C=N–C) groups is 1. The Morgan fingerprint density at radius 1 is 1.44 bits per heavy atom. The van der Waals surface area contributed by atoms with Crippen LogP contribution in [0.5, 0.6) is 0 Å². The first-order valence-electron chi connectivity index (χ1n) is 7.60. The quantitative estimate of drug-likeness (QED) is 0.257. The number of hydrogen-bond donors (Lipinski definition) is 2. The Balaban J connectivity index is 2.07. The summed E-state index contributed by atoms with van der Waals surface area (Å²) in [5.74, 6) is 4.76. The van der Waals surface area contributed by atoms with E-state index in [-0.39, 0.29) is 24.2 Å². The lowest BCUT2D eigenvalue weighted by Crippen LogP contribution is -2.37. The molecule has 0 bridgehead atoms. The average Bonchev–Trinajstić information content (AvgIpc) is 3.31. The largest absolute Gasteiger partial charge is 0.497 e. The maximum absolute atomic E-state index is 13.3. The standard InChI is InChI=1S/C17H19ClF3N3O/c1-3-23-16(24-22)15(17(19,20)21)10(2)25-9-12-8-14(12)11-4-6-13(18)7-5-11/h3-7,12,14H,1,8-9,22H2,2H3,(H,23,24)/b15-10-/t12-,14?/m0/s1. The third-order valence-electron chi connectivity index (χ3n) is 3.96. The van der Waals surface area contributed by atoms with Crippen LogP contribution in [-0.2, 0) is 4.74 Å². The smallest absolute Gasteiger partial charge is 0.423 e. The van der Waals surface area contributed by atoms with Gasteiger partial charge < -0.3 is 10.2 Å². The summed E-state index contributed by atoms with van der Waals surface area (Å²) in [6.45, 7) is 4.72. The Labute approximate surface area is 149 Å². The van der Waals surface area contributed by atoms with E-state index >= 15 is 0 Å². The van der Waals surface area contributed by atoms with Crippen LogP contribution in [-0.4, -0.2) is 18.6 Å². The second kappa shape index (κ2) is 7.93. The molecule has 136 valence electrons. The second-order valence-corrected chi connectivity index (χ2v) is 6.13. The number of alkyl halides is 3. The second-order valence-electron chi connectivity index (χ2n) is 5.70. The monoisotopic (exact) mass is 373 g/mol. The van der Waals surface area contributed by atoms with Gasteiger partial charge in [-0.3, -0.25) is 0 Å². The maximum atomic E-state index is 13.3. The molecule has 0 heterocycles. The number of hydrogen-bond acceptors (Lipinski definition) is 3. The number of benzene rings is 1. The van der Waals surface area contributed by atoms with Crippen molar-refractivity contribution in [1.29, 1.82) is 0 Å². The van der Waals surface area contributed by atoms with Gasteiger partial charge in [-0.15, -0.1) is 0 Å². The summed E-state index contributed by atoms with van der Waals surface area (Å²) >= 11 is 5.85. The molecule has 1 aliphatic carbocycles. The molecule has 2 atom stereocenters. The van der Waals surface area contributed by atoms with Crippen molar-refractivity contribution in [2.45, 2.75) is 25.4 Å². The van der Waals surface area contributed by atoms with Crippen molar-refractivity contribution in [2.24, 2.45) is 16.8 Å². The number of halogens is 4. The zero-order chi connectivity index (χ0) is 18.6. The summed E-state index contributed by atoms with van der Waals surface area (Å²) in [7, 11) is 0. The SMILES string of the molecule is C=CN=C(NN)/C(=C(\C)OC[C@@H]1CC1c1ccc(Cl)cc1)C(F)(F)F. The lowest BCUT2D eigenvalue weighted by molar-refractivity contribution is -0.0898. The number of ether oxygens (including phenoxy) is 1. The fraction of sp³-hybridized carbons (Fsp3) is 0.353. The van der Waals surface area contributed by atoms with E-state index in [0.717, 1.165) is 18.2 Å². The van der Waals surface area contributed by atoms with Crippen LogP contribution in [0.2, 0.25) is 5.02 Å². The minimum atomic E-state index is -4.66. The molecule has 1 saturated carbocycles. The number of nitrogens with zero attached hydrogens (tertiary/aromatic N) is 1. The lowest BCUT2D eigenvalue weighted by atomic mass is 10.1.